The zero-order valence-corrected chi connectivity index (χ0v) is 15.0. The van der Waals surface area contributed by atoms with Crippen LogP contribution in [-0.2, 0) is 11.8 Å². The maximum absolute atomic E-state index is 14.1. The van der Waals surface area contributed by atoms with Crippen LogP contribution in [0.4, 0.5) is 17.6 Å². The van der Waals surface area contributed by atoms with Crippen molar-refractivity contribution in [2.75, 3.05) is 0 Å². The van der Waals surface area contributed by atoms with E-state index in [9.17, 15) is 27.5 Å². The van der Waals surface area contributed by atoms with Crippen LogP contribution in [0.25, 0.3) is 5.69 Å². The summed E-state index contributed by atoms with van der Waals surface area (Å²) in [5.74, 6) is -5.00. The molecule has 8 heteroatoms. The van der Waals surface area contributed by atoms with Crippen LogP contribution >= 0.6 is 0 Å². The van der Waals surface area contributed by atoms with E-state index in [0.717, 1.165) is 24.4 Å². The van der Waals surface area contributed by atoms with Gasteiger partial charge in [0.05, 0.1) is 6.20 Å². The fourth-order valence-corrected chi connectivity index (χ4v) is 3.08. The summed E-state index contributed by atoms with van der Waals surface area (Å²) in [6.45, 7) is 3.20. The molecular weight excluding hydrogens is 376 g/mol. The molecule has 3 aromatic rings. The fraction of sp³-hybridized carbons (Fsp3) is 0.200. The van der Waals surface area contributed by atoms with E-state index >= 15 is 0 Å². The average Bonchev–Trinajstić information content (AvgIpc) is 3.09. The first kappa shape index (κ1) is 19.6. The van der Waals surface area contributed by atoms with Crippen LogP contribution in [0.5, 0.6) is 0 Å². The number of nitrogens with zero attached hydrogens (tertiary/aromatic N) is 2. The van der Waals surface area contributed by atoms with Crippen LogP contribution in [0.15, 0.2) is 42.6 Å². The molecule has 1 N–H and O–H groups in total. The number of aromatic nitrogens is 2. The Balaban J connectivity index is 2.14. The van der Waals surface area contributed by atoms with Gasteiger partial charge in [-0.2, -0.15) is 0 Å². The van der Waals surface area contributed by atoms with E-state index in [1.54, 1.807) is 13.8 Å². The highest BCUT2D eigenvalue weighted by Crippen LogP contribution is 2.32. The normalized spacial score (nSPS) is 11.6. The SMILES string of the molecule is CC(C)(Cc1c(F)ccc(F)c1F)c1ncc(C(=O)O)n1-c1ccc(F)cc1. The molecule has 0 aliphatic carbocycles. The zero-order chi connectivity index (χ0) is 20.6. The molecule has 146 valence electrons. The van der Waals surface area contributed by atoms with E-state index in [0.29, 0.717) is 11.8 Å². The highest BCUT2D eigenvalue weighted by molar-refractivity contribution is 5.86. The maximum atomic E-state index is 14.1. The van der Waals surface area contributed by atoms with Gasteiger partial charge < -0.3 is 5.11 Å². The van der Waals surface area contributed by atoms with E-state index in [4.69, 9.17) is 0 Å². The minimum absolute atomic E-state index is 0.180. The molecule has 0 saturated heterocycles. The molecule has 0 spiro atoms. The second-order valence-electron chi connectivity index (χ2n) is 6.97. The molecule has 1 heterocycles. The van der Waals surface area contributed by atoms with E-state index in [-0.39, 0.29) is 17.9 Å². The highest BCUT2D eigenvalue weighted by atomic mass is 19.2. The van der Waals surface area contributed by atoms with Gasteiger partial charge in [-0.15, -0.1) is 0 Å². The Kier molecular flexibility index (Phi) is 4.97. The van der Waals surface area contributed by atoms with E-state index in [1.165, 1.54) is 16.7 Å². The van der Waals surface area contributed by atoms with Gasteiger partial charge in [0.1, 0.15) is 17.5 Å². The molecule has 0 saturated carbocycles. The molecule has 1 aromatic heterocycles. The quantitative estimate of drug-likeness (QED) is 0.508. The third-order valence-corrected chi connectivity index (χ3v) is 4.43. The van der Waals surface area contributed by atoms with E-state index in [2.05, 4.69) is 4.98 Å². The summed E-state index contributed by atoms with van der Waals surface area (Å²) in [4.78, 5) is 15.7. The smallest absolute Gasteiger partial charge is 0.354 e. The molecule has 0 aliphatic heterocycles. The summed E-state index contributed by atoms with van der Waals surface area (Å²) in [7, 11) is 0. The summed E-state index contributed by atoms with van der Waals surface area (Å²) in [6, 6.07) is 6.58. The van der Waals surface area contributed by atoms with Crippen molar-refractivity contribution in [3.05, 3.63) is 82.9 Å². The van der Waals surface area contributed by atoms with E-state index in [1.807, 2.05) is 0 Å². The first-order chi connectivity index (χ1) is 13.1. The Morgan fingerprint density at radius 3 is 2.25 bits per heavy atom. The molecular formula is C20H16F4N2O2. The van der Waals surface area contributed by atoms with Crippen LogP contribution in [0.3, 0.4) is 0 Å². The third-order valence-electron chi connectivity index (χ3n) is 4.43. The number of imidazole rings is 1. The van der Waals surface area contributed by atoms with E-state index < -0.39 is 40.2 Å². The van der Waals surface area contributed by atoms with Crippen molar-refractivity contribution in [2.24, 2.45) is 0 Å². The fourth-order valence-electron chi connectivity index (χ4n) is 3.08. The van der Waals surface area contributed by atoms with Crippen LogP contribution in [0.2, 0.25) is 0 Å². The summed E-state index contributed by atoms with van der Waals surface area (Å²) in [5.41, 5.74) is -1.43. The molecule has 3 rings (SSSR count). The summed E-state index contributed by atoms with van der Waals surface area (Å²) >= 11 is 0. The number of aromatic carboxylic acids is 1. The van der Waals surface area contributed by atoms with Crippen LogP contribution in [-0.4, -0.2) is 20.6 Å². The van der Waals surface area contributed by atoms with Gasteiger partial charge in [-0.3, -0.25) is 4.57 Å². The lowest BCUT2D eigenvalue weighted by atomic mass is 9.84. The Labute approximate surface area is 158 Å². The van der Waals surface area contributed by atoms with Crippen molar-refractivity contribution in [1.82, 2.24) is 9.55 Å². The number of hydrogen-bond donors (Lipinski definition) is 1. The Morgan fingerprint density at radius 1 is 1.04 bits per heavy atom. The second-order valence-corrected chi connectivity index (χ2v) is 6.97. The lowest BCUT2D eigenvalue weighted by molar-refractivity contribution is 0.0687. The lowest BCUT2D eigenvalue weighted by Crippen LogP contribution is -2.27. The molecule has 0 amide bonds. The molecule has 0 bridgehead atoms. The van der Waals surface area contributed by atoms with Crippen molar-refractivity contribution in [1.29, 1.82) is 0 Å². The second kappa shape index (κ2) is 7.10. The summed E-state index contributed by atoms with van der Waals surface area (Å²) in [6.07, 6.45) is 0.834. The predicted octanol–water partition coefficient (Wildman–Crippen LogP) is 4.65. The zero-order valence-electron chi connectivity index (χ0n) is 15.0. The minimum Gasteiger partial charge on any atom is -0.477 e. The maximum Gasteiger partial charge on any atom is 0.354 e. The first-order valence-corrected chi connectivity index (χ1v) is 8.31. The Bertz CT molecular complexity index is 1040. The highest BCUT2D eigenvalue weighted by Gasteiger charge is 2.32. The molecule has 0 unspecified atom stereocenters. The molecule has 4 nitrogen and oxygen atoms in total. The number of halogens is 4. The van der Waals surface area contributed by atoms with Crippen molar-refractivity contribution in [3.63, 3.8) is 0 Å². The number of carboxylic acids is 1. The number of carboxylic acid groups (broad SMARTS) is 1. The number of benzene rings is 2. The third kappa shape index (κ3) is 3.49. The van der Waals surface area contributed by atoms with Gasteiger partial charge in [-0.1, -0.05) is 13.8 Å². The summed E-state index contributed by atoms with van der Waals surface area (Å²) in [5, 5.41) is 9.47. The lowest BCUT2D eigenvalue weighted by Gasteiger charge is -2.26. The number of rotatable bonds is 5. The first-order valence-electron chi connectivity index (χ1n) is 8.31. The van der Waals surface area contributed by atoms with Gasteiger partial charge in [0.2, 0.25) is 0 Å². The molecule has 0 aliphatic rings. The van der Waals surface area contributed by atoms with Gasteiger partial charge in [0, 0.05) is 16.7 Å². The standard InChI is InChI=1S/C20H16F4N2O2/c1-20(2,9-13-14(22)7-8-15(23)17(13)24)19-25-10-16(18(27)28)26(19)12-5-3-11(21)4-6-12/h3-8,10H,9H2,1-2H3,(H,27,28). The molecule has 28 heavy (non-hydrogen) atoms. The van der Waals surface area contributed by atoms with Gasteiger partial charge in [0.15, 0.2) is 17.3 Å². The molecule has 0 atom stereocenters. The topological polar surface area (TPSA) is 55.1 Å². The number of carbonyl (C=O) groups is 1. The van der Waals surface area contributed by atoms with Crippen molar-refractivity contribution in [2.45, 2.75) is 25.7 Å². The van der Waals surface area contributed by atoms with Crippen LogP contribution < -0.4 is 0 Å². The molecule has 0 radical (unpaired) electrons. The Hall–Kier alpha value is -3.16. The largest absolute Gasteiger partial charge is 0.477 e. The van der Waals surface area contributed by atoms with Gasteiger partial charge in [0.25, 0.3) is 0 Å². The summed E-state index contributed by atoms with van der Waals surface area (Å²) < 4.78 is 56.3. The van der Waals surface area contributed by atoms with Crippen LogP contribution in [0, 0.1) is 23.3 Å². The van der Waals surface area contributed by atoms with Gasteiger partial charge in [-0.25, -0.2) is 27.3 Å². The molecule has 0 fully saturated rings. The monoisotopic (exact) mass is 392 g/mol. The average molecular weight is 392 g/mol. The molecule has 2 aromatic carbocycles. The van der Waals surface area contributed by atoms with Crippen molar-refractivity contribution < 1.29 is 27.5 Å². The van der Waals surface area contributed by atoms with Crippen LogP contribution in [0.1, 0.15) is 35.7 Å². The van der Waals surface area contributed by atoms with Crippen molar-refractivity contribution in [3.8, 4) is 5.69 Å². The van der Waals surface area contributed by atoms with Crippen molar-refractivity contribution >= 4 is 5.97 Å². The minimum atomic E-state index is -1.30. The Morgan fingerprint density at radius 2 is 1.64 bits per heavy atom. The van der Waals surface area contributed by atoms with Gasteiger partial charge in [-0.05, 0) is 42.8 Å². The number of hydrogen-bond acceptors (Lipinski definition) is 2. The van der Waals surface area contributed by atoms with Gasteiger partial charge >= 0.3 is 5.97 Å². The predicted molar refractivity (Wildman–Crippen MR) is 93.5 cm³/mol.